The molecule has 17 heavy (non-hydrogen) atoms. The summed E-state index contributed by atoms with van der Waals surface area (Å²) in [6, 6.07) is 0.0244. The van der Waals surface area contributed by atoms with Gasteiger partial charge in [-0.15, -0.1) is 0 Å². The second kappa shape index (κ2) is 5.21. The molecule has 1 rings (SSSR count). The molecule has 0 saturated carbocycles. The topological polar surface area (TPSA) is 97.5 Å². The predicted octanol–water partition coefficient (Wildman–Crippen LogP) is -0.970. The molecule has 6 nitrogen and oxygen atoms in total. The van der Waals surface area contributed by atoms with Gasteiger partial charge in [-0.25, -0.2) is 21.1 Å². The third-order valence-corrected chi connectivity index (χ3v) is 6.08. The third-order valence-electron chi connectivity index (χ3n) is 3.04. The van der Waals surface area contributed by atoms with E-state index in [0.29, 0.717) is 19.5 Å². The number of rotatable bonds is 4. The van der Waals surface area contributed by atoms with E-state index in [2.05, 4.69) is 0 Å². The zero-order valence-electron chi connectivity index (χ0n) is 10.2. The number of piperidine rings is 1. The van der Waals surface area contributed by atoms with E-state index >= 15 is 0 Å². The molecule has 0 spiro atoms. The molecule has 0 aromatic rings. The molecule has 0 aliphatic carbocycles. The minimum Gasteiger partial charge on any atom is -0.327 e. The van der Waals surface area contributed by atoms with Crippen molar-refractivity contribution < 1.29 is 16.8 Å². The Morgan fingerprint density at radius 3 is 2.29 bits per heavy atom. The first-order valence-electron chi connectivity index (χ1n) is 5.53. The van der Waals surface area contributed by atoms with Gasteiger partial charge >= 0.3 is 0 Å². The summed E-state index contributed by atoms with van der Waals surface area (Å²) in [4.78, 5) is 0. The lowest BCUT2D eigenvalue weighted by atomic mass is 9.96. The van der Waals surface area contributed by atoms with Crippen molar-refractivity contribution in [3.63, 3.8) is 0 Å². The van der Waals surface area contributed by atoms with Gasteiger partial charge in [0.05, 0.1) is 11.5 Å². The summed E-state index contributed by atoms with van der Waals surface area (Å²) in [7, 11) is -6.73. The minimum absolute atomic E-state index is 0.0244. The Bertz CT molecular complexity index is 457. The summed E-state index contributed by atoms with van der Waals surface area (Å²) in [6.45, 7) is 2.67. The van der Waals surface area contributed by atoms with Crippen molar-refractivity contribution in [1.82, 2.24) is 4.31 Å². The maximum Gasteiger partial charge on any atom is 0.215 e. The molecule has 0 bridgehead atoms. The summed E-state index contributed by atoms with van der Waals surface area (Å²) < 4.78 is 47.1. The van der Waals surface area contributed by atoms with Crippen molar-refractivity contribution in [3.05, 3.63) is 0 Å². The number of sulfonamides is 1. The van der Waals surface area contributed by atoms with Crippen LogP contribution < -0.4 is 5.73 Å². The highest BCUT2D eigenvalue weighted by Gasteiger charge is 2.31. The van der Waals surface area contributed by atoms with E-state index in [1.54, 1.807) is 0 Å². The largest absolute Gasteiger partial charge is 0.327 e. The van der Waals surface area contributed by atoms with Crippen molar-refractivity contribution in [3.8, 4) is 0 Å². The third kappa shape index (κ3) is 4.53. The second-order valence-corrected chi connectivity index (χ2v) is 9.08. The molecular formula is C9H20N2O4S2. The summed E-state index contributed by atoms with van der Waals surface area (Å²) in [6.07, 6.45) is 1.66. The monoisotopic (exact) mass is 284 g/mol. The molecule has 2 unspecified atom stereocenters. The van der Waals surface area contributed by atoms with Gasteiger partial charge in [-0.05, 0) is 12.3 Å². The summed E-state index contributed by atoms with van der Waals surface area (Å²) in [5.74, 6) is -0.558. The van der Waals surface area contributed by atoms with E-state index in [9.17, 15) is 16.8 Å². The lowest BCUT2D eigenvalue weighted by molar-refractivity contribution is 0.250. The van der Waals surface area contributed by atoms with Crippen LogP contribution in [-0.2, 0) is 19.9 Å². The molecule has 0 radical (unpaired) electrons. The van der Waals surface area contributed by atoms with Crippen molar-refractivity contribution in [2.45, 2.75) is 19.4 Å². The zero-order chi connectivity index (χ0) is 13.3. The Balaban J connectivity index is 2.65. The molecule has 1 fully saturated rings. The first-order chi connectivity index (χ1) is 7.62. The molecule has 0 aromatic carbocycles. The van der Waals surface area contributed by atoms with Crippen LogP contribution in [0.3, 0.4) is 0 Å². The van der Waals surface area contributed by atoms with Crippen LogP contribution in [0, 0.1) is 5.92 Å². The van der Waals surface area contributed by atoms with Crippen LogP contribution >= 0.6 is 0 Å². The highest BCUT2D eigenvalue weighted by atomic mass is 32.2. The van der Waals surface area contributed by atoms with Gasteiger partial charge in [-0.3, -0.25) is 0 Å². The smallest absolute Gasteiger partial charge is 0.215 e. The summed E-state index contributed by atoms with van der Waals surface area (Å²) in [5, 5.41) is 0. The van der Waals surface area contributed by atoms with Gasteiger partial charge < -0.3 is 5.73 Å². The van der Waals surface area contributed by atoms with Crippen LogP contribution in [0.5, 0.6) is 0 Å². The van der Waals surface area contributed by atoms with Gasteiger partial charge in [-0.2, -0.15) is 0 Å². The van der Waals surface area contributed by atoms with Crippen LogP contribution in [0.1, 0.15) is 13.3 Å². The van der Waals surface area contributed by atoms with E-state index in [1.807, 2.05) is 6.92 Å². The minimum atomic E-state index is -3.47. The van der Waals surface area contributed by atoms with Crippen LogP contribution in [0.4, 0.5) is 0 Å². The SMILES string of the molecule is CC1CN(S(=O)(=O)CCS(C)(=O)=O)CCC1N. The first kappa shape index (κ1) is 14.9. The normalized spacial score (nSPS) is 28.2. The molecule has 1 aliphatic heterocycles. The predicted molar refractivity (Wildman–Crippen MR) is 66.8 cm³/mol. The maximum atomic E-state index is 11.9. The van der Waals surface area contributed by atoms with E-state index in [1.165, 1.54) is 4.31 Å². The molecule has 0 amide bonds. The molecular weight excluding hydrogens is 264 g/mol. The molecule has 102 valence electrons. The Hall–Kier alpha value is -0.180. The first-order valence-corrected chi connectivity index (χ1v) is 9.20. The lowest BCUT2D eigenvalue weighted by Gasteiger charge is -2.34. The standard InChI is InChI=1S/C9H20N2O4S2/c1-8-7-11(4-3-9(8)10)17(14,15)6-5-16(2,12)13/h8-9H,3-7,10H2,1-2H3. The molecule has 8 heteroatoms. The van der Waals surface area contributed by atoms with Crippen LogP contribution in [0.15, 0.2) is 0 Å². The maximum absolute atomic E-state index is 11.9. The number of hydrogen-bond acceptors (Lipinski definition) is 5. The number of hydrogen-bond donors (Lipinski definition) is 1. The van der Waals surface area contributed by atoms with E-state index < -0.39 is 19.9 Å². The van der Waals surface area contributed by atoms with E-state index in [-0.39, 0.29) is 23.5 Å². The van der Waals surface area contributed by atoms with Gasteiger partial charge in [0.25, 0.3) is 0 Å². The van der Waals surface area contributed by atoms with Gasteiger partial charge in [0.15, 0.2) is 0 Å². The molecule has 1 saturated heterocycles. The van der Waals surface area contributed by atoms with E-state index in [0.717, 1.165) is 6.26 Å². The van der Waals surface area contributed by atoms with Gasteiger partial charge in [-0.1, -0.05) is 6.92 Å². The Labute approximate surface area is 103 Å². The van der Waals surface area contributed by atoms with Crippen molar-refractivity contribution in [1.29, 1.82) is 0 Å². The van der Waals surface area contributed by atoms with Crippen LogP contribution in [0.2, 0.25) is 0 Å². The Kier molecular flexibility index (Phi) is 4.56. The second-order valence-electron chi connectivity index (χ2n) is 4.73. The van der Waals surface area contributed by atoms with Crippen molar-refractivity contribution >= 4 is 19.9 Å². The average molecular weight is 284 g/mol. The zero-order valence-corrected chi connectivity index (χ0v) is 11.8. The fourth-order valence-corrected chi connectivity index (χ4v) is 4.92. The molecule has 2 N–H and O–H groups in total. The Morgan fingerprint density at radius 1 is 1.24 bits per heavy atom. The lowest BCUT2D eigenvalue weighted by Crippen LogP contribution is -2.49. The highest BCUT2D eigenvalue weighted by Crippen LogP contribution is 2.18. The quantitative estimate of drug-likeness (QED) is 0.716. The Morgan fingerprint density at radius 2 is 1.82 bits per heavy atom. The molecule has 1 heterocycles. The van der Waals surface area contributed by atoms with Crippen molar-refractivity contribution in [2.75, 3.05) is 30.9 Å². The molecule has 1 aliphatic rings. The van der Waals surface area contributed by atoms with Gasteiger partial charge in [0, 0.05) is 25.4 Å². The van der Waals surface area contributed by atoms with Crippen molar-refractivity contribution in [2.24, 2.45) is 11.7 Å². The molecule has 2 atom stereocenters. The van der Waals surface area contributed by atoms with Crippen LogP contribution in [-0.4, -0.2) is 58.0 Å². The van der Waals surface area contributed by atoms with E-state index in [4.69, 9.17) is 5.73 Å². The highest BCUT2D eigenvalue weighted by molar-refractivity contribution is 7.93. The number of nitrogens with zero attached hydrogens (tertiary/aromatic N) is 1. The number of sulfone groups is 1. The average Bonchev–Trinajstić information content (AvgIpc) is 2.18. The van der Waals surface area contributed by atoms with Gasteiger partial charge in [0.2, 0.25) is 10.0 Å². The van der Waals surface area contributed by atoms with Gasteiger partial charge in [0.1, 0.15) is 9.84 Å². The fourth-order valence-electron chi connectivity index (χ4n) is 1.76. The molecule has 0 aromatic heterocycles. The number of nitrogens with two attached hydrogens (primary N) is 1. The summed E-state index contributed by atoms with van der Waals surface area (Å²) >= 11 is 0. The summed E-state index contributed by atoms with van der Waals surface area (Å²) in [5.41, 5.74) is 5.81. The fraction of sp³-hybridized carbons (Fsp3) is 1.00. The van der Waals surface area contributed by atoms with Crippen LogP contribution in [0.25, 0.3) is 0 Å².